The van der Waals surface area contributed by atoms with Crippen LogP contribution in [0.2, 0.25) is 0 Å². The minimum atomic E-state index is 0.946. The third-order valence-electron chi connectivity index (χ3n) is 2.26. The highest BCUT2D eigenvalue weighted by Crippen LogP contribution is 2.02. The smallest absolute Gasteiger partial charge is 0.173 e. The SMILES string of the molecule is C=CC.Cc1ccc(C[n+]2ccccc2)cc1. The van der Waals surface area contributed by atoms with Crippen LogP contribution in [0.1, 0.15) is 18.1 Å². The molecule has 1 nitrogen and oxygen atoms in total. The lowest BCUT2D eigenvalue weighted by Crippen LogP contribution is -2.32. The Morgan fingerprint density at radius 3 is 2.12 bits per heavy atom. The Morgan fingerprint density at radius 2 is 1.59 bits per heavy atom. The fourth-order valence-corrected chi connectivity index (χ4v) is 1.44. The van der Waals surface area contributed by atoms with Crippen molar-refractivity contribution in [1.82, 2.24) is 0 Å². The van der Waals surface area contributed by atoms with Crippen LogP contribution in [0.3, 0.4) is 0 Å². The molecular formula is C16H20N+. The molecule has 2 aromatic rings. The number of aromatic nitrogens is 1. The second-order valence-electron chi connectivity index (χ2n) is 3.94. The number of rotatable bonds is 2. The molecule has 0 saturated carbocycles. The Kier molecular flexibility index (Phi) is 5.73. The van der Waals surface area contributed by atoms with Gasteiger partial charge in [0.1, 0.15) is 0 Å². The Balaban J connectivity index is 0.000000437. The Bertz CT molecular complexity index is 429. The first kappa shape index (κ1) is 13.2. The first-order valence-corrected chi connectivity index (χ1v) is 5.83. The summed E-state index contributed by atoms with van der Waals surface area (Å²) >= 11 is 0. The van der Waals surface area contributed by atoms with Crippen LogP contribution in [0.15, 0.2) is 67.5 Å². The largest absolute Gasteiger partial charge is 0.201 e. The summed E-state index contributed by atoms with van der Waals surface area (Å²) in [7, 11) is 0. The zero-order valence-electron chi connectivity index (χ0n) is 10.6. The molecule has 0 amide bonds. The van der Waals surface area contributed by atoms with Gasteiger partial charge in [0.2, 0.25) is 0 Å². The molecule has 0 bridgehead atoms. The van der Waals surface area contributed by atoms with Crippen LogP contribution in [0.25, 0.3) is 0 Å². The van der Waals surface area contributed by atoms with E-state index in [2.05, 4.69) is 54.7 Å². The Labute approximate surface area is 104 Å². The monoisotopic (exact) mass is 226 g/mol. The third kappa shape index (κ3) is 5.12. The fourth-order valence-electron chi connectivity index (χ4n) is 1.44. The van der Waals surface area contributed by atoms with Gasteiger partial charge in [0.25, 0.3) is 0 Å². The number of allylic oxidation sites excluding steroid dienone is 1. The Hall–Kier alpha value is -1.89. The van der Waals surface area contributed by atoms with Crippen LogP contribution >= 0.6 is 0 Å². The molecule has 0 unspecified atom stereocenters. The molecule has 0 saturated heterocycles. The molecule has 0 N–H and O–H groups in total. The normalized spacial score (nSPS) is 9.06. The lowest BCUT2D eigenvalue weighted by Gasteiger charge is -1.97. The van der Waals surface area contributed by atoms with E-state index in [9.17, 15) is 0 Å². The van der Waals surface area contributed by atoms with E-state index in [0.29, 0.717) is 0 Å². The average Bonchev–Trinajstić information content (AvgIpc) is 2.35. The molecule has 2 rings (SSSR count). The highest BCUT2D eigenvalue weighted by molar-refractivity contribution is 5.20. The van der Waals surface area contributed by atoms with E-state index >= 15 is 0 Å². The van der Waals surface area contributed by atoms with E-state index in [1.54, 1.807) is 6.08 Å². The van der Waals surface area contributed by atoms with Gasteiger partial charge in [-0.15, -0.1) is 6.58 Å². The molecule has 17 heavy (non-hydrogen) atoms. The number of hydrogen-bond acceptors (Lipinski definition) is 0. The van der Waals surface area contributed by atoms with Crippen LogP contribution in [0.5, 0.6) is 0 Å². The molecule has 1 aromatic heterocycles. The maximum absolute atomic E-state index is 3.36. The van der Waals surface area contributed by atoms with Crippen molar-refractivity contribution in [3.63, 3.8) is 0 Å². The van der Waals surface area contributed by atoms with Gasteiger partial charge in [-0.1, -0.05) is 42.0 Å². The van der Waals surface area contributed by atoms with E-state index in [1.165, 1.54) is 11.1 Å². The van der Waals surface area contributed by atoms with Crippen LogP contribution in [0, 0.1) is 6.92 Å². The predicted octanol–water partition coefficient (Wildman–Crippen LogP) is 3.52. The summed E-state index contributed by atoms with van der Waals surface area (Å²) in [5.74, 6) is 0. The molecule has 0 aliphatic carbocycles. The summed E-state index contributed by atoms with van der Waals surface area (Å²) in [4.78, 5) is 0. The first-order valence-electron chi connectivity index (χ1n) is 5.83. The van der Waals surface area contributed by atoms with Crippen molar-refractivity contribution in [2.75, 3.05) is 0 Å². The molecule has 1 aromatic carbocycles. The van der Waals surface area contributed by atoms with Gasteiger partial charge in [-0.2, -0.15) is 0 Å². The maximum atomic E-state index is 3.36. The lowest BCUT2D eigenvalue weighted by atomic mass is 10.1. The van der Waals surface area contributed by atoms with Crippen molar-refractivity contribution < 1.29 is 4.57 Å². The van der Waals surface area contributed by atoms with Gasteiger partial charge in [0.15, 0.2) is 18.9 Å². The molecule has 0 atom stereocenters. The first-order chi connectivity index (χ1) is 8.26. The molecule has 88 valence electrons. The number of nitrogens with zero attached hydrogens (tertiary/aromatic N) is 1. The molecule has 0 radical (unpaired) electrons. The summed E-state index contributed by atoms with van der Waals surface area (Å²) in [6, 6.07) is 14.8. The average molecular weight is 226 g/mol. The van der Waals surface area contributed by atoms with Crippen molar-refractivity contribution >= 4 is 0 Å². The number of pyridine rings is 1. The highest BCUT2D eigenvalue weighted by atomic mass is 14.9. The van der Waals surface area contributed by atoms with Gasteiger partial charge in [-0.25, -0.2) is 4.57 Å². The van der Waals surface area contributed by atoms with E-state index in [-0.39, 0.29) is 0 Å². The van der Waals surface area contributed by atoms with Gasteiger partial charge in [-0.05, 0) is 13.8 Å². The van der Waals surface area contributed by atoms with Crippen molar-refractivity contribution in [2.45, 2.75) is 20.4 Å². The van der Waals surface area contributed by atoms with E-state index in [1.807, 2.05) is 25.1 Å². The topological polar surface area (TPSA) is 3.88 Å². The highest BCUT2D eigenvalue weighted by Gasteiger charge is 1.99. The lowest BCUT2D eigenvalue weighted by molar-refractivity contribution is -0.688. The number of aryl methyl sites for hydroxylation is 1. The predicted molar refractivity (Wildman–Crippen MR) is 72.8 cm³/mol. The van der Waals surface area contributed by atoms with Crippen molar-refractivity contribution in [1.29, 1.82) is 0 Å². The fraction of sp³-hybridized carbons (Fsp3) is 0.188. The zero-order chi connectivity index (χ0) is 12.5. The quantitative estimate of drug-likeness (QED) is 0.545. The minimum Gasteiger partial charge on any atom is -0.201 e. The summed E-state index contributed by atoms with van der Waals surface area (Å²) < 4.78 is 2.17. The van der Waals surface area contributed by atoms with Crippen LogP contribution < -0.4 is 4.57 Å². The summed E-state index contributed by atoms with van der Waals surface area (Å²) in [5, 5.41) is 0. The summed E-state index contributed by atoms with van der Waals surface area (Å²) in [6.07, 6.45) is 5.92. The van der Waals surface area contributed by atoms with Crippen molar-refractivity contribution in [3.8, 4) is 0 Å². The standard InChI is InChI=1S/C13H14N.C3H6/c1-12-5-7-13(8-6-12)11-14-9-3-2-4-10-14;1-3-2/h2-10H,11H2,1H3;3H,1H2,2H3/q+1;. The van der Waals surface area contributed by atoms with Gasteiger partial charge in [0.05, 0.1) is 0 Å². The second-order valence-corrected chi connectivity index (χ2v) is 3.94. The maximum Gasteiger partial charge on any atom is 0.173 e. The van der Waals surface area contributed by atoms with Crippen LogP contribution in [-0.2, 0) is 6.54 Å². The Morgan fingerprint density at radius 1 is 1.06 bits per heavy atom. The molecular weight excluding hydrogens is 206 g/mol. The van der Waals surface area contributed by atoms with Gasteiger partial charge in [0, 0.05) is 17.7 Å². The molecule has 0 aliphatic rings. The van der Waals surface area contributed by atoms with Crippen LogP contribution in [0.4, 0.5) is 0 Å². The zero-order valence-corrected chi connectivity index (χ0v) is 10.6. The van der Waals surface area contributed by atoms with E-state index < -0.39 is 0 Å². The van der Waals surface area contributed by atoms with Gasteiger partial charge >= 0.3 is 0 Å². The number of hydrogen-bond donors (Lipinski definition) is 0. The molecule has 0 fully saturated rings. The third-order valence-corrected chi connectivity index (χ3v) is 2.26. The second kappa shape index (κ2) is 7.39. The van der Waals surface area contributed by atoms with Gasteiger partial charge in [-0.3, -0.25) is 0 Å². The molecule has 1 heteroatoms. The van der Waals surface area contributed by atoms with Crippen molar-refractivity contribution in [2.24, 2.45) is 0 Å². The molecule has 0 aliphatic heterocycles. The van der Waals surface area contributed by atoms with Crippen LogP contribution in [-0.4, -0.2) is 0 Å². The van der Waals surface area contributed by atoms with E-state index in [0.717, 1.165) is 6.54 Å². The van der Waals surface area contributed by atoms with E-state index in [4.69, 9.17) is 0 Å². The minimum absolute atomic E-state index is 0.946. The summed E-state index contributed by atoms with van der Waals surface area (Å²) in [5.41, 5.74) is 2.65. The summed E-state index contributed by atoms with van der Waals surface area (Å²) in [6.45, 7) is 8.31. The molecule has 1 heterocycles. The molecule has 0 spiro atoms. The van der Waals surface area contributed by atoms with Gasteiger partial charge < -0.3 is 0 Å². The van der Waals surface area contributed by atoms with Crippen molar-refractivity contribution in [3.05, 3.63) is 78.6 Å². The number of benzene rings is 1.